The van der Waals surface area contributed by atoms with E-state index in [1.807, 2.05) is 0 Å². The van der Waals surface area contributed by atoms with Gasteiger partial charge in [0.2, 0.25) is 0 Å². The summed E-state index contributed by atoms with van der Waals surface area (Å²) in [4.78, 5) is 4.73. The molecule has 2 nitrogen and oxygen atoms in total. The Morgan fingerprint density at radius 1 is 1.20 bits per heavy atom. The first-order valence-corrected chi connectivity index (χ1v) is 6.27. The second kappa shape index (κ2) is 10.4. The van der Waals surface area contributed by atoms with Crippen molar-refractivity contribution in [1.82, 2.24) is 0 Å². The summed E-state index contributed by atoms with van der Waals surface area (Å²) >= 11 is 0. The molecule has 0 bridgehead atoms. The van der Waals surface area contributed by atoms with Gasteiger partial charge in [-0.3, -0.25) is 0 Å². The summed E-state index contributed by atoms with van der Waals surface area (Å²) in [5.74, 6) is 5.87. The predicted octanol–water partition coefficient (Wildman–Crippen LogP) is 4.15. The molecule has 0 saturated carbocycles. The fraction of sp³-hybridized carbons (Fsp3) is 1.00. The summed E-state index contributed by atoms with van der Waals surface area (Å²) in [6.07, 6.45) is 4.85. The number of hydrogen-bond donors (Lipinski definition) is 1. The minimum atomic E-state index is 0.277. The Morgan fingerprint density at radius 2 is 1.67 bits per heavy atom. The standard InChI is InChI=1S/C10H23NO.C3H8/c1-5-10(4,8-12-11)7-6-9(2)3;1-3-2/h9H,5-8,11H2,1-4H3;3H2,1-2H3. The van der Waals surface area contributed by atoms with E-state index in [2.05, 4.69) is 41.5 Å². The van der Waals surface area contributed by atoms with Crippen LogP contribution in [0.4, 0.5) is 0 Å². The maximum atomic E-state index is 5.10. The van der Waals surface area contributed by atoms with Crippen LogP contribution < -0.4 is 5.90 Å². The summed E-state index contributed by atoms with van der Waals surface area (Å²) in [7, 11) is 0. The van der Waals surface area contributed by atoms with Gasteiger partial charge in [-0.05, 0) is 24.2 Å². The lowest BCUT2D eigenvalue weighted by Crippen LogP contribution is -2.24. The van der Waals surface area contributed by atoms with Gasteiger partial charge in [0.1, 0.15) is 0 Å². The van der Waals surface area contributed by atoms with Crippen molar-refractivity contribution in [1.29, 1.82) is 0 Å². The first kappa shape index (κ1) is 17.3. The molecular formula is C13H31NO. The topological polar surface area (TPSA) is 35.2 Å². The molecule has 1 unspecified atom stereocenters. The van der Waals surface area contributed by atoms with Gasteiger partial charge >= 0.3 is 0 Å². The molecule has 2 N–H and O–H groups in total. The summed E-state index contributed by atoms with van der Waals surface area (Å²) in [6.45, 7) is 13.9. The molecule has 0 amide bonds. The van der Waals surface area contributed by atoms with Crippen LogP contribution in [0.3, 0.4) is 0 Å². The lowest BCUT2D eigenvalue weighted by atomic mass is 9.82. The van der Waals surface area contributed by atoms with E-state index >= 15 is 0 Å². The largest absolute Gasteiger partial charge is 0.304 e. The lowest BCUT2D eigenvalue weighted by Gasteiger charge is -2.27. The fourth-order valence-electron chi connectivity index (χ4n) is 1.19. The minimum absolute atomic E-state index is 0.277. The molecule has 15 heavy (non-hydrogen) atoms. The molecule has 0 aromatic heterocycles. The monoisotopic (exact) mass is 217 g/mol. The van der Waals surface area contributed by atoms with Crippen LogP contribution >= 0.6 is 0 Å². The Balaban J connectivity index is 0. The van der Waals surface area contributed by atoms with Crippen molar-refractivity contribution in [2.75, 3.05) is 6.61 Å². The van der Waals surface area contributed by atoms with Gasteiger partial charge in [0.15, 0.2) is 0 Å². The Bertz CT molecular complexity index is 126. The van der Waals surface area contributed by atoms with Gasteiger partial charge in [-0.15, -0.1) is 0 Å². The third-order valence-electron chi connectivity index (χ3n) is 2.61. The van der Waals surface area contributed by atoms with Crippen LogP contribution in [-0.4, -0.2) is 6.61 Å². The van der Waals surface area contributed by atoms with Crippen molar-refractivity contribution >= 4 is 0 Å². The van der Waals surface area contributed by atoms with E-state index in [0.717, 1.165) is 12.3 Å². The second-order valence-corrected chi connectivity index (χ2v) is 5.11. The second-order valence-electron chi connectivity index (χ2n) is 5.11. The highest BCUT2D eigenvalue weighted by Crippen LogP contribution is 2.28. The molecule has 94 valence electrons. The molecule has 0 aromatic rings. The van der Waals surface area contributed by atoms with Gasteiger partial charge in [0.25, 0.3) is 0 Å². The first-order chi connectivity index (χ1) is 6.95. The van der Waals surface area contributed by atoms with Crippen molar-refractivity contribution in [2.45, 2.75) is 67.2 Å². The molecule has 0 aliphatic rings. The van der Waals surface area contributed by atoms with Gasteiger partial charge < -0.3 is 4.84 Å². The Labute approximate surface area is 96.5 Å². The molecule has 2 heteroatoms. The van der Waals surface area contributed by atoms with Crippen molar-refractivity contribution < 1.29 is 4.84 Å². The molecule has 0 spiro atoms. The van der Waals surface area contributed by atoms with Crippen LogP contribution in [-0.2, 0) is 4.84 Å². The highest BCUT2D eigenvalue weighted by Gasteiger charge is 2.22. The van der Waals surface area contributed by atoms with Gasteiger partial charge in [-0.25, -0.2) is 5.90 Å². The summed E-state index contributed by atoms with van der Waals surface area (Å²) < 4.78 is 0. The maximum absolute atomic E-state index is 5.10. The molecule has 1 atom stereocenters. The Morgan fingerprint density at radius 3 is 1.93 bits per heavy atom. The van der Waals surface area contributed by atoms with Crippen LogP contribution in [0.15, 0.2) is 0 Å². The molecular weight excluding hydrogens is 186 g/mol. The normalized spacial score (nSPS) is 14.4. The molecule has 0 aliphatic carbocycles. The van der Waals surface area contributed by atoms with Crippen LogP contribution in [0.25, 0.3) is 0 Å². The summed E-state index contributed by atoms with van der Waals surface area (Å²) in [5.41, 5.74) is 0.277. The van der Waals surface area contributed by atoms with Gasteiger partial charge in [0, 0.05) is 0 Å². The third kappa shape index (κ3) is 11.8. The summed E-state index contributed by atoms with van der Waals surface area (Å²) in [5, 5.41) is 0. The highest BCUT2D eigenvalue weighted by atomic mass is 16.6. The Hall–Kier alpha value is -0.0800. The number of nitrogens with two attached hydrogens (primary N) is 1. The zero-order valence-corrected chi connectivity index (χ0v) is 11.6. The molecule has 0 radical (unpaired) electrons. The van der Waals surface area contributed by atoms with E-state index in [4.69, 9.17) is 10.7 Å². The van der Waals surface area contributed by atoms with E-state index in [-0.39, 0.29) is 5.41 Å². The molecule has 0 aliphatic heterocycles. The van der Waals surface area contributed by atoms with E-state index in [1.165, 1.54) is 19.3 Å². The SMILES string of the molecule is CCC.CCC(C)(CCC(C)C)CON. The zero-order chi connectivity index (χ0) is 12.3. The van der Waals surface area contributed by atoms with Crippen LogP contribution in [0.1, 0.15) is 67.2 Å². The minimum Gasteiger partial charge on any atom is -0.304 e. The smallest absolute Gasteiger partial charge is 0.0732 e. The molecule has 0 rings (SSSR count). The number of hydrogen-bond acceptors (Lipinski definition) is 2. The number of rotatable bonds is 6. The lowest BCUT2D eigenvalue weighted by molar-refractivity contribution is 0.0425. The average molecular weight is 217 g/mol. The van der Waals surface area contributed by atoms with Crippen molar-refractivity contribution in [3.05, 3.63) is 0 Å². The zero-order valence-electron chi connectivity index (χ0n) is 11.6. The van der Waals surface area contributed by atoms with Gasteiger partial charge in [-0.1, -0.05) is 54.4 Å². The van der Waals surface area contributed by atoms with Gasteiger partial charge in [0.05, 0.1) is 6.61 Å². The van der Waals surface area contributed by atoms with E-state index in [1.54, 1.807) is 0 Å². The van der Waals surface area contributed by atoms with Crippen LogP contribution in [0, 0.1) is 11.3 Å². The maximum Gasteiger partial charge on any atom is 0.0732 e. The van der Waals surface area contributed by atoms with Crippen molar-refractivity contribution in [3.8, 4) is 0 Å². The quantitative estimate of drug-likeness (QED) is 0.678. The van der Waals surface area contributed by atoms with E-state index < -0.39 is 0 Å². The third-order valence-corrected chi connectivity index (χ3v) is 2.61. The van der Waals surface area contributed by atoms with E-state index in [9.17, 15) is 0 Å². The molecule has 0 saturated heterocycles. The van der Waals surface area contributed by atoms with Crippen LogP contribution in [0.5, 0.6) is 0 Å². The average Bonchev–Trinajstić information content (AvgIpc) is 2.17. The predicted molar refractivity (Wildman–Crippen MR) is 68.6 cm³/mol. The van der Waals surface area contributed by atoms with Crippen molar-refractivity contribution in [3.63, 3.8) is 0 Å². The summed E-state index contributed by atoms with van der Waals surface area (Å²) in [6, 6.07) is 0. The molecule has 0 fully saturated rings. The molecule has 0 heterocycles. The van der Waals surface area contributed by atoms with E-state index in [0.29, 0.717) is 6.61 Å². The van der Waals surface area contributed by atoms with Crippen LogP contribution in [0.2, 0.25) is 0 Å². The first-order valence-electron chi connectivity index (χ1n) is 6.27. The highest BCUT2D eigenvalue weighted by molar-refractivity contribution is 4.72. The Kier molecular flexibility index (Phi) is 12.1. The van der Waals surface area contributed by atoms with Crippen molar-refractivity contribution in [2.24, 2.45) is 17.2 Å². The fourth-order valence-corrected chi connectivity index (χ4v) is 1.19. The van der Waals surface area contributed by atoms with Gasteiger partial charge in [-0.2, -0.15) is 0 Å². The molecule has 0 aromatic carbocycles.